The quantitative estimate of drug-likeness (QED) is 0.563. The van der Waals surface area contributed by atoms with Crippen molar-refractivity contribution in [1.82, 2.24) is 9.55 Å². The predicted octanol–water partition coefficient (Wildman–Crippen LogP) is -0.936. The highest BCUT2D eigenvalue weighted by atomic mass is 16.2. The van der Waals surface area contributed by atoms with Gasteiger partial charge in [0, 0.05) is 0 Å². The Morgan fingerprint density at radius 1 is 1.24 bits per heavy atom. The molecule has 110 valence electrons. The predicted molar refractivity (Wildman–Crippen MR) is 79.0 cm³/mol. The van der Waals surface area contributed by atoms with Gasteiger partial charge in [0.25, 0.3) is 5.56 Å². The van der Waals surface area contributed by atoms with E-state index in [2.05, 4.69) is 10.3 Å². The number of aromatic nitrogens is 2. The van der Waals surface area contributed by atoms with Crippen LogP contribution in [0.1, 0.15) is 5.56 Å². The number of hydrogen-bond donors (Lipinski definition) is 4. The molecular weight excluding hydrogens is 274 g/mol. The zero-order valence-electron chi connectivity index (χ0n) is 11.1. The van der Waals surface area contributed by atoms with Crippen molar-refractivity contribution in [1.29, 1.82) is 0 Å². The van der Waals surface area contributed by atoms with Gasteiger partial charge in [-0.05, 0) is 5.56 Å². The van der Waals surface area contributed by atoms with Crippen molar-refractivity contribution >= 4 is 17.4 Å². The molecular formula is C13H15N5O3. The molecule has 1 amide bonds. The summed E-state index contributed by atoms with van der Waals surface area (Å²) in [6.07, 6.45) is 0. The van der Waals surface area contributed by atoms with Crippen LogP contribution in [-0.4, -0.2) is 22.0 Å². The molecule has 0 unspecified atom stereocenters. The first kappa shape index (κ1) is 14.4. The molecule has 1 aromatic heterocycles. The van der Waals surface area contributed by atoms with Gasteiger partial charge in [-0.25, -0.2) is 4.79 Å². The maximum atomic E-state index is 11.9. The van der Waals surface area contributed by atoms with Gasteiger partial charge in [0.15, 0.2) is 0 Å². The maximum absolute atomic E-state index is 11.9. The maximum Gasteiger partial charge on any atom is 0.330 e. The molecule has 6 N–H and O–H groups in total. The van der Waals surface area contributed by atoms with E-state index in [1.165, 1.54) is 4.57 Å². The molecule has 1 aromatic carbocycles. The SMILES string of the molecule is NC(=O)CNc1c(N)n(Cc2ccccc2)c(=O)[nH]c1=O. The molecule has 21 heavy (non-hydrogen) atoms. The van der Waals surface area contributed by atoms with Crippen molar-refractivity contribution < 1.29 is 4.79 Å². The molecule has 1 heterocycles. The zero-order valence-corrected chi connectivity index (χ0v) is 11.1. The van der Waals surface area contributed by atoms with E-state index in [0.29, 0.717) is 0 Å². The number of aromatic amines is 1. The Hall–Kier alpha value is -3.03. The first-order chi connectivity index (χ1) is 9.99. The van der Waals surface area contributed by atoms with Crippen LogP contribution >= 0.6 is 0 Å². The van der Waals surface area contributed by atoms with Crippen LogP contribution in [0.5, 0.6) is 0 Å². The number of nitrogens with one attached hydrogen (secondary N) is 2. The van der Waals surface area contributed by atoms with Gasteiger partial charge in [0.05, 0.1) is 13.1 Å². The minimum absolute atomic E-state index is 0.0474. The minimum atomic E-state index is -0.692. The van der Waals surface area contributed by atoms with Gasteiger partial charge in [0.2, 0.25) is 5.91 Å². The summed E-state index contributed by atoms with van der Waals surface area (Å²) >= 11 is 0. The highest BCUT2D eigenvalue weighted by molar-refractivity contribution is 5.79. The lowest BCUT2D eigenvalue weighted by Gasteiger charge is -2.13. The highest BCUT2D eigenvalue weighted by Gasteiger charge is 2.12. The molecule has 0 aliphatic carbocycles. The van der Waals surface area contributed by atoms with Gasteiger partial charge >= 0.3 is 5.69 Å². The summed E-state index contributed by atoms with van der Waals surface area (Å²) in [6, 6.07) is 9.16. The number of nitrogens with two attached hydrogens (primary N) is 2. The summed E-state index contributed by atoms with van der Waals surface area (Å²) in [5.41, 5.74) is 10.3. The fraction of sp³-hybridized carbons (Fsp3) is 0.154. The minimum Gasteiger partial charge on any atom is -0.383 e. The van der Waals surface area contributed by atoms with Gasteiger partial charge in [-0.3, -0.25) is 19.1 Å². The van der Waals surface area contributed by atoms with Crippen molar-refractivity contribution in [3.05, 3.63) is 56.7 Å². The van der Waals surface area contributed by atoms with E-state index in [9.17, 15) is 14.4 Å². The van der Waals surface area contributed by atoms with E-state index in [4.69, 9.17) is 11.5 Å². The first-order valence-corrected chi connectivity index (χ1v) is 6.17. The van der Waals surface area contributed by atoms with Crippen LogP contribution in [0, 0.1) is 0 Å². The van der Waals surface area contributed by atoms with Gasteiger partial charge in [0.1, 0.15) is 11.5 Å². The van der Waals surface area contributed by atoms with Crippen LogP contribution in [0.2, 0.25) is 0 Å². The van der Waals surface area contributed by atoms with Crippen LogP contribution in [0.25, 0.3) is 0 Å². The summed E-state index contributed by atoms with van der Waals surface area (Å²) in [7, 11) is 0. The number of rotatable bonds is 5. The van der Waals surface area contributed by atoms with Crippen molar-refractivity contribution in [3.63, 3.8) is 0 Å². The van der Waals surface area contributed by atoms with Crippen LogP contribution in [0.3, 0.4) is 0 Å². The van der Waals surface area contributed by atoms with Gasteiger partial charge in [-0.1, -0.05) is 30.3 Å². The number of amides is 1. The Morgan fingerprint density at radius 2 is 1.90 bits per heavy atom. The van der Waals surface area contributed by atoms with Crippen LogP contribution < -0.4 is 28.0 Å². The van der Waals surface area contributed by atoms with Gasteiger partial charge in [-0.2, -0.15) is 0 Å². The van der Waals surface area contributed by atoms with Crippen molar-refractivity contribution in [2.45, 2.75) is 6.54 Å². The lowest BCUT2D eigenvalue weighted by molar-refractivity contribution is -0.116. The molecule has 0 aliphatic rings. The molecule has 0 radical (unpaired) electrons. The van der Waals surface area contributed by atoms with E-state index < -0.39 is 17.2 Å². The number of carbonyl (C=O) groups is 1. The summed E-state index contributed by atoms with van der Waals surface area (Å²) in [5.74, 6) is -0.691. The number of primary amides is 1. The fourth-order valence-electron chi connectivity index (χ4n) is 1.86. The first-order valence-electron chi connectivity index (χ1n) is 6.17. The summed E-state index contributed by atoms with van der Waals surface area (Å²) in [4.78, 5) is 36.5. The third kappa shape index (κ3) is 3.30. The third-order valence-electron chi connectivity index (χ3n) is 2.86. The topological polar surface area (TPSA) is 136 Å². The highest BCUT2D eigenvalue weighted by Crippen LogP contribution is 2.11. The van der Waals surface area contributed by atoms with Crippen molar-refractivity contribution in [2.75, 3.05) is 17.6 Å². The molecule has 2 rings (SSSR count). The third-order valence-corrected chi connectivity index (χ3v) is 2.86. The van der Waals surface area contributed by atoms with Crippen molar-refractivity contribution in [2.24, 2.45) is 5.73 Å². The largest absolute Gasteiger partial charge is 0.383 e. The van der Waals surface area contributed by atoms with Crippen LogP contribution in [0.15, 0.2) is 39.9 Å². The number of carbonyl (C=O) groups excluding carboxylic acids is 1. The number of benzene rings is 1. The van der Waals surface area contributed by atoms with E-state index in [0.717, 1.165) is 5.56 Å². The normalized spacial score (nSPS) is 10.3. The van der Waals surface area contributed by atoms with E-state index >= 15 is 0 Å². The molecule has 0 spiro atoms. The molecule has 0 saturated carbocycles. The Kier molecular flexibility index (Phi) is 4.07. The second-order valence-electron chi connectivity index (χ2n) is 4.41. The Morgan fingerprint density at radius 3 is 2.52 bits per heavy atom. The summed E-state index contributed by atoms with van der Waals surface area (Å²) in [5, 5.41) is 2.53. The Balaban J connectivity index is 2.42. The lowest BCUT2D eigenvalue weighted by Crippen LogP contribution is -2.35. The molecule has 0 bridgehead atoms. The lowest BCUT2D eigenvalue weighted by atomic mass is 10.2. The molecule has 0 fully saturated rings. The Labute approximate surface area is 119 Å². The Bertz CT molecular complexity index is 764. The fourth-order valence-corrected chi connectivity index (χ4v) is 1.86. The van der Waals surface area contributed by atoms with E-state index in [1.54, 1.807) is 0 Å². The number of nitrogen functional groups attached to an aromatic ring is 1. The molecule has 2 aromatic rings. The number of H-pyrrole nitrogens is 1. The molecule has 0 aliphatic heterocycles. The van der Waals surface area contributed by atoms with Crippen molar-refractivity contribution in [3.8, 4) is 0 Å². The second kappa shape index (κ2) is 5.95. The van der Waals surface area contributed by atoms with Crippen LogP contribution in [-0.2, 0) is 11.3 Å². The van der Waals surface area contributed by atoms with E-state index in [1.807, 2.05) is 30.3 Å². The zero-order chi connectivity index (χ0) is 15.4. The summed E-state index contributed by atoms with van der Waals surface area (Å²) in [6.45, 7) is -0.0512. The molecule has 8 heteroatoms. The second-order valence-corrected chi connectivity index (χ2v) is 4.41. The molecule has 0 atom stereocenters. The smallest absolute Gasteiger partial charge is 0.330 e. The molecule has 0 saturated heterocycles. The average Bonchev–Trinajstić information content (AvgIpc) is 2.44. The van der Waals surface area contributed by atoms with Crippen LogP contribution in [0.4, 0.5) is 11.5 Å². The standard InChI is InChI=1S/C13H15N5O3/c14-9(19)6-16-10-11(15)18(13(21)17-12(10)20)7-8-4-2-1-3-5-8/h1-5,16H,6-7,15H2,(H2,14,19)(H,17,20,21). The van der Waals surface area contributed by atoms with E-state index in [-0.39, 0.29) is 24.6 Å². The number of hydrogen-bond acceptors (Lipinski definition) is 5. The number of nitrogens with zero attached hydrogens (tertiary/aromatic N) is 1. The number of anilines is 2. The molecule has 8 nitrogen and oxygen atoms in total. The van der Waals surface area contributed by atoms with Gasteiger partial charge < -0.3 is 16.8 Å². The average molecular weight is 289 g/mol. The summed E-state index contributed by atoms with van der Waals surface area (Å²) < 4.78 is 1.21. The monoisotopic (exact) mass is 289 g/mol. The van der Waals surface area contributed by atoms with Gasteiger partial charge in [-0.15, -0.1) is 0 Å².